The van der Waals surface area contributed by atoms with Gasteiger partial charge >= 0.3 is 0 Å². The average Bonchev–Trinajstić information content (AvgIpc) is 3.30. The number of amides is 2. The highest BCUT2D eigenvalue weighted by molar-refractivity contribution is 5.94. The molecule has 1 N–H and O–H groups in total. The van der Waals surface area contributed by atoms with Gasteiger partial charge in [0.2, 0.25) is 5.91 Å². The van der Waals surface area contributed by atoms with Gasteiger partial charge in [0, 0.05) is 24.7 Å². The molecular weight excluding hydrogens is 350 g/mol. The summed E-state index contributed by atoms with van der Waals surface area (Å²) in [6, 6.07) is 9.54. The maximum absolute atomic E-state index is 13.5. The molecule has 3 aliphatic rings. The summed E-state index contributed by atoms with van der Waals surface area (Å²) in [7, 11) is 0. The van der Waals surface area contributed by atoms with Crippen LogP contribution in [0.4, 0.5) is 0 Å². The van der Waals surface area contributed by atoms with Crippen LogP contribution < -0.4 is 5.32 Å². The zero-order valence-electron chi connectivity index (χ0n) is 16.9. The van der Waals surface area contributed by atoms with Gasteiger partial charge < -0.3 is 10.2 Å². The number of carbonyl (C=O) groups is 2. The van der Waals surface area contributed by atoms with Crippen molar-refractivity contribution in [2.75, 3.05) is 26.2 Å². The average molecular weight is 384 g/mol. The molecule has 5 heteroatoms. The number of nitrogens with zero attached hydrogens (tertiary/aromatic N) is 2. The van der Waals surface area contributed by atoms with Crippen molar-refractivity contribution in [1.82, 2.24) is 15.1 Å². The van der Waals surface area contributed by atoms with Crippen molar-refractivity contribution in [1.29, 1.82) is 0 Å². The van der Waals surface area contributed by atoms with Crippen LogP contribution >= 0.6 is 0 Å². The molecule has 0 radical (unpaired) electrons. The van der Waals surface area contributed by atoms with Crippen molar-refractivity contribution in [3.63, 3.8) is 0 Å². The molecule has 2 heterocycles. The number of nitrogens with one attached hydrogen (secondary N) is 1. The molecule has 1 aromatic rings. The first kappa shape index (κ1) is 19.4. The van der Waals surface area contributed by atoms with Crippen LogP contribution in [-0.4, -0.2) is 59.4 Å². The van der Waals surface area contributed by atoms with E-state index in [1.54, 1.807) is 0 Å². The summed E-state index contributed by atoms with van der Waals surface area (Å²) in [5.74, 6) is 0.291. The predicted molar refractivity (Wildman–Crippen MR) is 110 cm³/mol. The van der Waals surface area contributed by atoms with E-state index in [0.29, 0.717) is 6.54 Å². The SMILES string of the molecule is O=C(c1ccccc1)N1CCCC(NC(=O)C2(N3CCCC3)CCCCC2)C1. The monoisotopic (exact) mass is 383 g/mol. The summed E-state index contributed by atoms with van der Waals surface area (Å²) < 4.78 is 0. The summed E-state index contributed by atoms with van der Waals surface area (Å²) in [5, 5.41) is 3.37. The summed E-state index contributed by atoms with van der Waals surface area (Å²) in [6.45, 7) is 3.50. The molecule has 3 fully saturated rings. The van der Waals surface area contributed by atoms with Crippen LogP contribution in [0.5, 0.6) is 0 Å². The third-order valence-electron chi connectivity index (χ3n) is 6.88. The highest BCUT2D eigenvalue weighted by atomic mass is 16.2. The molecule has 1 saturated carbocycles. The topological polar surface area (TPSA) is 52.7 Å². The van der Waals surface area contributed by atoms with Crippen molar-refractivity contribution in [3.05, 3.63) is 35.9 Å². The number of carbonyl (C=O) groups excluding carboxylic acids is 2. The van der Waals surface area contributed by atoms with Crippen molar-refractivity contribution in [2.45, 2.75) is 69.4 Å². The molecule has 1 aliphatic carbocycles. The largest absolute Gasteiger partial charge is 0.350 e. The number of benzene rings is 1. The summed E-state index contributed by atoms with van der Waals surface area (Å²) >= 11 is 0. The lowest BCUT2D eigenvalue weighted by Gasteiger charge is -2.44. The molecule has 2 aliphatic heterocycles. The lowest BCUT2D eigenvalue weighted by molar-refractivity contribution is -0.136. The molecule has 1 atom stereocenters. The predicted octanol–water partition coefficient (Wildman–Crippen LogP) is 3.21. The van der Waals surface area contributed by atoms with Crippen molar-refractivity contribution >= 4 is 11.8 Å². The Bertz CT molecular complexity index is 678. The summed E-state index contributed by atoms with van der Waals surface area (Å²) in [5.41, 5.74) is 0.427. The third-order valence-corrected chi connectivity index (χ3v) is 6.88. The molecule has 0 aromatic heterocycles. The van der Waals surface area contributed by atoms with E-state index >= 15 is 0 Å². The molecule has 2 amide bonds. The number of hydrogen-bond donors (Lipinski definition) is 1. The third kappa shape index (κ3) is 3.95. The molecular formula is C23H33N3O2. The van der Waals surface area contributed by atoms with Gasteiger partial charge in [-0.2, -0.15) is 0 Å². The molecule has 0 bridgehead atoms. The van der Waals surface area contributed by atoms with Crippen molar-refractivity contribution in [2.24, 2.45) is 0 Å². The van der Waals surface area contributed by atoms with E-state index in [9.17, 15) is 9.59 Å². The minimum atomic E-state index is -0.305. The van der Waals surface area contributed by atoms with E-state index in [-0.39, 0.29) is 23.4 Å². The van der Waals surface area contributed by atoms with Gasteiger partial charge in [-0.25, -0.2) is 0 Å². The minimum Gasteiger partial charge on any atom is -0.350 e. The normalized spacial score (nSPS) is 25.4. The summed E-state index contributed by atoms with van der Waals surface area (Å²) in [6.07, 6.45) is 9.82. The lowest BCUT2D eigenvalue weighted by Crippen LogP contribution is -2.62. The zero-order valence-corrected chi connectivity index (χ0v) is 16.9. The molecule has 5 nitrogen and oxygen atoms in total. The van der Waals surface area contributed by atoms with Gasteiger partial charge in [-0.3, -0.25) is 14.5 Å². The molecule has 4 rings (SSSR count). The lowest BCUT2D eigenvalue weighted by atomic mass is 9.79. The Balaban J connectivity index is 1.42. The van der Waals surface area contributed by atoms with Gasteiger partial charge in [-0.15, -0.1) is 0 Å². The fourth-order valence-corrected chi connectivity index (χ4v) is 5.33. The first-order chi connectivity index (χ1) is 13.7. The fraction of sp³-hybridized carbons (Fsp3) is 0.652. The summed E-state index contributed by atoms with van der Waals surface area (Å²) in [4.78, 5) is 30.6. The van der Waals surface area contributed by atoms with Gasteiger partial charge in [-0.05, 0) is 63.7 Å². The van der Waals surface area contributed by atoms with Crippen LogP contribution in [0.3, 0.4) is 0 Å². The Hall–Kier alpha value is -1.88. The smallest absolute Gasteiger partial charge is 0.253 e. The van der Waals surface area contributed by atoms with Crippen LogP contribution in [0, 0.1) is 0 Å². The van der Waals surface area contributed by atoms with Crippen LogP contribution in [0.1, 0.15) is 68.1 Å². The highest BCUT2D eigenvalue weighted by Gasteiger charge is 2.46. The van der Waals surface area contributed by atoms with Crippen molar-refractivity contribution < 1.29 is 9.59 Å². The van der Waals surface area contributed by atoms with Gasteiger partial charge in [0.15, 0.2) is 0 Å². The Kier molecular flexibility index (Phi) is 6.00. The number of hydrogen-bond acceptors (Lipinski definition) is 3. The first-order valence-electron chi connectivity index (χ1n) is 11.1. The number of rotatable bonds is 4. The van der Waals surface area contributed by atoms with E-state index in [1.165, 1.54) is 19.3 Å². The van der Waals surface area contributed by atoms with Crippen LogP contribution in [0.25, 0.3) is 0 Å². The first-order valence-corrected chi connectivity index (χ1v) is 11.1. The molecule has 28 heavy (non-hydrogen) atoms. The van der Waals surface area contributed by atoms with Crippen LogP contribution in [0.15, 0.2) is 30.3 Å². The maximum Gasteiger partial charge on any atom is 0.253 e. The van der Waals surface area contributed by atoms with Crippen LogP contribution in [-0.2, 0) is 4.79 Å². The zero-order chi connectivity index (χ0) is 19.4. The van der Waals surface area contributed by atoms with Gasteiger partial charge in [0.05, 0.1) is 0 Å². The second-order valence-electron chi connectivity index (χ2n) is 8.72. The Morgan fingerprint density at radius 1 is 0.893 bits per heavy atom. The minimum absolute atomic E-state index is 0.0651. The highest BCUT2D eigenvalue weighted by Crippen LogP contribution is 2.36. The van der Waals surface area contributed by atoms with E-state index in [4.69, 9.17) is 0 Å². The van der Waals surface area contributed by atoms with E-state index in [0.717, 1.165) is 63.7 Å². The maximum atomic E-state index is 13.5. The molecule has 1 unspecified atom stereocenters. The van der Waals surface area contributed by atoms with Gasteiger partial charge in [0.1, 0.15) is 5.54 Å². The second-order valence-corrected chi connectivity index (χ2v) is 8.72. The van der Waals surface area contributed by atoms with Gasteiger partial charge in [0.25, 0.3) is 5.91 Å². The Morgan fingerprint density at radius 3 is 2.32 bits per heavy atom. The van der Waals surface area contributed by atoms with E-state index < -0.39 is 0 Å². The second kappa shape index (κ2) is 8.64. The van der Waals surface area contributed by atoms with Gasteiger partial charge in [-0.1, -0.05) is 37.5 Å². The quantitative estimate of drug-likeness (QED) is 0.869. The number of likely N-dealkylation sites (tertiary alicyclic amines) is 2. The fourth-order valence-electron chi connectivity index (χ4n) is 5.33. The van der Waals surface area contributed by atoms with E-state index in [1.807, 2.05) is 35.2 Å². The standard InChI is InChI=1S/C23H33N3O2/c27-21(19-10-3-1-4-11-19)25-15-9-12-20(18-25)24-22(28)23(13-5-2-6-14-23)26-16-7-8-17-26/h1,3-4,10-11,20H,2,5-9,12-18H2,(H,24,28). The van der Waals surface area contributed by atoms with Crippen molar-refractivity contribution in [3.8, 4) is 0 Å². The van der Waals surface area contributed by atoms with Crippen LogP contribution in [0.2, 0.25) is 0 Å². The Labute approximate surface area is 168 Å². The van der Waals surface area contributed by atoms with E-state index in [2.05, 4.69) is 10.2 Å². The molecule has 2 saturated heterocycles. The molecule has 152 valence electrons. The molecule has 1 aromatic carbocycles. The molecule has 0 spiro atoms. The Morgan fingerprint density at radius 2 is 1.61 bits per heavy atom. The number of piperidine rings is 1.